The van der Waals surface area contributed by atoms with Crippen molar-refractivity contribution in [3.8, 4) is 0 Å². The molecule has 0 saturated carbocycles. The molecule has 0 spiro atoms. The Morgan fingerprint density at radius 3 is 2.08 bits per heavy atom. The van der Waals surface area contributed by atoms with Crippen LogP contribution in [0.25, 0.3) is 0 Å². The summed E-state index contributed by atoms with van der Waals surface area (Å²) in [5, 5.41) is 7.23. The van der Waals surface area contributed by atoms with Gasteiger partial charge in [0.05, 0.1) is 5.84 Å². The Balaban J connectivity index is 3.93. The van der Waals surface area contributed by atoms with Crippen LogP contribution in [-0.4, -0.2) is 29.9 Å². The van der Waals surface area contributed by atoms with Crippen molar-refractivity contribution in [1.82, 2.24) is 4.90 Å². The Kier molecular flexibility index (Phi) is 6.59. The number of nitrogens with two attached hydrogens (primary N) is 1. The average Bonchev–Trinajstić information content (AvgIpc) is 2.02. The highest BCUT2D eigenvalue weighted by Crippen LogP contribution is 2.05. The van der Waals surface area contributed by atoms with Gasteiger partial charge in [0.2, 0.25) is 0 Å². The van der Waals surface area contributed by atoms with Gasteiger partial charge in [-0.1, -0.05) is 13.8 Å². The molecule has 0 amide bonds. The summed E-state index contributed by atoms with van der Waals surface area (Å²) in [7, 11) is 0. The molecule has 0 aliphatic rings. The molecular weight excluding hydrogens is 162 g/mol. The zero-order valence-corrected chi connectivity index (χ0v) is 9.14. The highest BCUT2D eigenvalue weighted by molar-refractivity contribution is 5.77. The first-order valence-electron chi connectivity index (χ1n) is 5.18. The Bertz CT molecular complexity index is 139. The van der Waals surface area contributed by atoms with Crippen LogP contribution in [0.3, 0.4) is 0 Å². The fraction of sp³-hybridized carbons (Fsp3) is 0.900. The van der Waals surface area contributed by atoms with Gasteiger partial charge in [0, 0.05) is 12.5 Å². The zero-order chi connectivity index (χ0) is 10.3. The van der Waals surface area contributed by atoms with Gasteiger partial charge in [-0.25, -0.2) is 0 Å². The molecule has 0 fully saturated rings. The zero-order valence-electron chi connectivity index (χ0n) is 9.14. The number of amidine groups is 1. The molecule has 3 N–H and O–H groups in total. The van der Waals surface area contributed by atoms with Crippen LogP contribution in [0.4, 0.5) is 0 Å². The maximum Gasteiger partial charge on any atom is 0.0920 e. The van der Waals surface area contributed by atoms with Crippen LogP contribution in [0.15, 0.2) is 0 Å². The predicted octanol–water partition coefficient (Wildman–Crippen LogP) is 1.82. The smallest absolute Gasteiger partial charge is 0.0920 e. The summed E-state index contributed by atoms with van der Waals surface area (Å²) < 4.78 is 0. The van der Waals surface area contributed by atoms with Gasteiger partial charge in [0.1, 0.15) is 0 Å². The molecule has 1 unspecified atom stereocenters. The second-order valence-electron chi connectivity index (χ2n) is 3.61. The predicted molar refractivity (Wildman–Crippen MR) is 58.1 cm³/mol. The summed E-state index contributed by atoms with van der Waals surface area (Å²) in [6.07, 6.45) is 3.03. The summed E-state index contributed by atoms with van der Waals surface area (Å²) in [4.78, 5) is 2.40. The van der Waals surface area contributed by atoms with Crippen LogP contribution in [0.2, 0.25) is 0 Å². The summed E-state index contributed by atoms with van der Waals surface area (Å²) in [5.41, 5.74) is 5.38. The van der Waals surface area contributed by atoms with Crippen LogP contribution in [0.5, 0.6) is 0 Å². The van der Waals surface area contributed by atoms with Crippen LogP contribution >= 0.6 is 0 Å². The van der Waals surface area contributed by atoms with Crippen LogP contribution in [0.1, 0.15) is 40.0 Å². The van der Waals surface area contributed by atoms with E-state index in [4.69, 9.17) is 11.1 Å². The molecule has 0 radical (unpaired) electrons. The first kappa shape index (κ1) is 12.4. The van der Waals surface area contributed by atoms with Gasteiger partial charge < -0.3 is 10.6 Å². The molecule has 0 aromatic rings. The molecule has 0 bridgehead atoms. The van der Waals surface area contributed by atoms with E-state index < -0.39 is 0 Å². The van der Waals surface area contributed by atoms with Crippen molar-refractivity contribution in [1.29, 1.82) is 5.41 Å². The molecule has 0 aromatic carbocycles. The molecule has 3 nitrogen and oxygen atoms in total. The van der Waals surface area contributed by atoms with Crippen LogP contribution in [-0.2, 0) is 0 Å². The molecule has 0 aliphatic carbocycles. The number of nitrogens with zero attached hydrogens (tertiary/aromatic N) is 1. The van der Waals surface area contributed by atoms with Gasteiger partial charge in [-0.2, -0.15) is 0 Å². The molecule has 13 heavy (non-hydrogen) atoms. The summed E-state index contributed by atoms with van der Waals surface area (Å²) >= 11 is 0. The number of nitrogens with one attached hydrogen (secondary N) is 1. The second kappa shape index (κ2) is 6.89. The summed E-state index contributed by atoms with van der Waals surface area (Å²) in [5.74, 6) is 0.296. The lowest BCUT2D eigenvalue weighted by molar-refractivity contribution is 0.213. The van der Waals surface area contributed by atoms with Crippen molar-refractivity contribution >= 4 is 5.84 Å². The molecule has 0 rings (SSSR count). The van der Waals surface area contributed by atoms with Crippen molar-refractivity contribution < 1.29 is 0 Å². The van der Waals surface area contributed by atoms with E-state index >= 15 is 0 Å². The van der Waals surface area contributed by atoms with E-state index in [0.29, 0.717) is 18.3 Å². The first-order valence-corrected chi connectivity index (χ1v) is 5.18. The fourth-order valence-electron chi connectivity index (χ4n) is 1.57. The van der Waals surface area contributed by atoms with E-state index in [0.717, 1.165) is 13.1 Å². The quantitative estimate of drug-likeness (QED) is 0.469. The van der Waals surface area contributed by atoms with E-state index in [1.54, 1.807) is 0 Å². The Morgan fingerprint density at radius 1 is 1.31 bits per heavy atom. The van der Waals surface area contributed by atoms with Gasteiger partial charge >= 0.3 is 0 Å². The third kappa shape index (κ3) is 5.64. The monoisotopic (exact) mass is 185 g/mol. The van der Waals surface area contributed by atoms with Crippen molar-refractivity contribution in [3.63, 3.8) is 0 Å². The third-order valence-corrected chi connectivity index (χ3v) is 2.16. The average molecular weight is 185 g/mol. The highest BCUT2D eigenvalue weighted by atomic mass is 15.1. The van der Waals surface area contributed by atoms with Gasteiger partial charge in [-0.3, -0.25) is 5.41 Å². The second-order valence-corrected chi connectivity index (χ2v) is 3.61. The standard InChI is InChI=1S/C10H23N3/c1-4-6-13(7-5-2)9(3)8-10(11)12/h9H,4-8H2,1-3H3,(H3,11,12). The molecule has 3 heteroatoms. The molecule has 0 aliphatic heterocycles. The van der Waals surface area contributed by atoms with Gasteiger partial charge in [0.15, 0.2) is 0 Å². The van der Waals surface area contributed by atoms with Gasteiger partial charge in [0.25, 0.3) is 0 Å². The summed E-state index contributed by atoms with van der Waals surface area (Å²) in [6, 6.07) is 0.414. The van der Waals surface area contributed by atoms with Gasteiger partial charge in [-0.05, 0) is 32.9 Å². The Labute approximate surface area is 81.8 Å². The topological polar surface area (TPSA) is 53.1 Å². The largest absolute Gasteiger partial charge is 0.388 e. The van der Waals surface area contributed by atoms with Crippen molar-refractivity contribution in [2.24, 2.45) is 5.73 Å². The number of rotatable bonds is 7. The van der Waals surface area contributed by atoms with Crippen molar-refractivity contribution in [2.45, 2.75) is 46.1 Å². The van der Waals surface area contributed by atoms with E-state index in [2.05, 4.69) is 25.7 Å². The lowest BCUT2D eigenvalue weighted by Gasteiger charge is -2.27. The molecule has 0 aromatic heterocycles. The Hall–Kier alpha value is -0.570. The molecule has 1 atom stereocenters. The maximum absolute atomic E-state index is 7.23. The minimum atomic E-state index is 0.296. The minimum Gasteiger partial charge on any atom is -0.388 e. The molecule has 78 valence electrons. The highest BCUT2D eigenvalue weighted by Gasteiger charge is 2.12. The first-order chi connectivity index (χ1) is 6.11. The number of hydrogen-bond acceptors (Lipinski definition) is 2. The molecule has 0 saturated heterocycles. The third-order valence-electron chi connectivity index (χ3n) is 2.16. The normalized spacial score (nSPS) is 13.2. The lowest BCUT2D eigenvalue weighted by atomic mass is 10.1. The van der Waals surface area contributed by atoms with Gasteiger partial charge in [-0.15, -0.1) is 0 Å². The molecule has 0 heterocycles. The van der Waals surface area contributed by atoms with E-state index in [9.17, 15) is 0 Å². The van der Waals surface area contributed by atoms with E-state index in [-0.39, 0.29) is 0 Å². The fourth-order valence-corrected chi connectivity index (χ4v) is 1.57. The minimum absolute atomic E-state index is 0.296. The van der Waals surface area contributed by atoms with Crippen molar-refractivity contribution in [3.05, 3.63) is 0 Å². The van der Waals surface area contributed by atoms with Crippen LogP contribution < -0.4 is 5.73 Å². The van der Waals surface area contributed by atoms with E-state index in [1.165, 1.54) is 12.8 Å². The van der Waals surface area contributed by atoms with E-state index in [1.807, 2.05) is 0 Å². The van der Waals surface area contributed by atoms with Crippen LogP contribution in [0, 0.1) is 5.41 Å². The van der Waals surface area contributed by atoms with Crippen molar-refractivity contribution in [2.75, 3.05) is 13.1 Å². The molecular formula is C10H23N3. The SMILES string of the molecule is CCCN(CCC)C(C)CC(=N)N. The summed E-state index contributed by atoms with van der Waals surface area (Å²) in [6.45, 7) is 8.74. The lowest BCUT2D eigenvalue weighted by Crippen LogP contribution is -2.37. The maximum atomic E-state index is 7.23. The Morgan fingerprint density at radius 2 is 1.77 bits per heavy atom. The number of hydrogen-bond donors (Lipinski definition) is 2.